The third-order valence-corrected chi connectivity index (χ3v) is 0. The average molecular weight is 366 g/mol. The Morgan fingerprint density at radius 2 is 1.25 bits per heavy atom. The second-order valence-electron chi connectivity index (χ2n) is 0. The Morgan fingerprint density at radius 3 is 1.25 bits per heavy atom. The van der Waals surface area contributed by atoms with E-state index < -0.39 is 0 Å². The molecule has 0 N–H and O–H groups in total. The minimum Gasteiger partial charge on any atom is 0 e. The summed E-state index contributed by atoms with van der Waals surface area (Å²) in [6.07, 6.45) is 0. The van der Waals surface area contributed by atoms with Crippen molar-refractivity contribution in [3.05, 3.63) is 0 Å². The van der Waals surface area contributed by atoms with Crippen LogP contribution in [0.2, 0.25) is 0 Å². The van der Waals surface area contributed by atoms with Gasteiger partial charge < -0.3 is 0 Å². The van der Waals surface area contributed by atoms with Gasteiger partial charge in [0.1, 0.15) is 0 Å². The Labute approximate surface area is 69.7 Å². The largest absolute Gasteiger partial charge is 0 e. The molecule has 0 atom stereocenters. The van der Waals surface area contributed by atoms with Crippen LogP contribution >= 0.6 is 0 Å². The quantitative estimate of drug-likeness (QED) is 0.488. The van der Waals surface area contributed by atoms with E-state index in [1.54, 1.807) is 0 Å². The summed E-state index contributed by atoms with van der Waals surface area (Å²) in [6, 6.07) is 0. The molecular formula is H3InOTiW. The molecule has 4 heavy (non-hydrogen) atoms. The van der Waals surface area contributed by atoms with E-state index in [4.69, 9.17) is 3.32 Å². The van der Waals surface area contributed by atoms with Crippen LogP contribution in [0.1, 0.15) is 0 Å². The molecular weight excluding hydrogens is 363 g/mol. The van der Waals surface area contributed by atoms with Crippen molar-refractivity contribution in [2.45, 2.75) is 0 Å². The van der Waals surface area contributed by atoms with Gasteiger partial charge in [0.15, 0.2) is 0 Å². The van der Waals surface area contributed by atoms with Gasteiger partial charge in [-0.25, -0.2) is 0 Å². The zero-order valence-electron chi connectivity index (χ0n) is 1.32. The van der Waals surface area contributed by atoms with E-state index in [0.29, 0.717) is 0 Å². The van der Waals surface area contributed by atoms with Gasteiger partial charge in [-0.15, -0.1) is 0 Å². The molecule has 22 valence electrons. The second-order valence-corrected chi connectivity index (χ2v) is 0. The van der Waals surface area contributed by atoms with Crippen LogP contribution in [0.25, 0.3) is 0 Å². The van der Waals surface area contributed by atoms with E-state index >= 15 is 0 Å². The molecule has 0 radical (unpaired) electrons. The fraction of sp³-hybridized carbons (Fsp3) is 0. The summed E-state index contributed by atoms with van der Waals surface area (Å²) >= 11 is 0.750. The van der Waals surface area contributed by atoms with Crippen LogP contribution in [0.15, 0.2) is 0 Å². The molecule has 1 nitrogen and oxygen atoms in total. The SMILES string of the molecule is [InH3].[O]=[Ti].[W]. The van der Waals surface area contributed by atoms with E-state index in [2.05, 4.69) is 0 Å². The fourth-order valence-electron chi connectivity index (χ4n) is 0. The summed E-state index contributed by atoms with van der Waals surface area (Å²) in [5, 5.41) is 0. The molecule has 0 amide bonds. The van der Waals surface area contributed by atoms with E-state index in [1.807, 2.05) is 0 Å². The molecule has 0 saturated heterocycles. The molecule has 4 heteroatoms. The second kappa shape index (κ2) is 19.6. The minimum absolute atomic E-state index is 0. The third kappa shape index (κ3) is 8.95. The van der Waals surface area contributed by atoms with Crippen LogP contribution in [-0.4, -0.2) is 25.8 Å². The van der Waals surface area contributed by atoms with Gasteiger partial charge in [-0.1, -0.05) is 0 Å². The monoisotopic (exact) mass is 366 g/mol. The van der Waals surface area contributed by atoms with Gasteiger partial charge in [0.2, 0.25) is 0 Å². The zero-order chi connectivity index (χ0) is 2.00. The first kappa shape index (κ1) is 16.6. The van der Waals surface area contributed by atoms with Crippen LogP contribution in [0.4, 0.5) is 0 Å². The van der Waals surface area contributed by atoms with Gasteiger partial charge in [-0.2, -0.15) is 0 Å². The predicted octanol–water partition coefficient (Wildman–Crippen LogP) is -1.31. The van der Waals surface area contributed by atoms with Crippen molar-refractivity contribution >= 4 is 25.8 Å². The van der Waals surface area contributed by atoms with Crippen molar-refractivity contribution in [1.29, 1.82) is 0 Å². The number of hydrogen-bond acceptors (Lipinski definition) is 1. The van der Waals surface area contributed by atoms with Crippen LogP contribution in [-0.2, 0) is 44.8 Å². The van der Waals surface area contributed by atoms with Crippen LogP contribution in [0.3, 0.4) is 0 Å². The standard InChI is InChI=1S/In.O.Ti.W.3H. The van der Waals surface area contributed by atoms with Crippen molar-refractivity contribution in [2.75, 3.05) is 0 Å². The maximum absolute atomic E-state index is 8.25. The van der Waals surface area contributed by atoms with Crippen molar-refractivity contribution in [3.63, 3.8) is 0 Å². The normalized spacial score (nSPS) is 0.750. The summed E-state index contributed by atoms with van der Waals surface area (Å²) in [6.45, 7) is 0. The molecule has 0 aromatic carbocycles. The first-order valence-electron chi connectivity index (χ1n) is 0.204. The zero-order valence-corrected chi connectivity index (χ0v) is 5.81. The molecule has 0 unspecified atom stereocenters. The van der Waals surface area contributed by atoms with Gasteiger partial charge in [0.25, 0.3) is 0 Å². The first-order chi connectivity index (χ1) is 1.00. The van der Waals surface area contributed by atoms with E-state index in [-0.39, 0.29) is 46.9 Å². The van der Waals surface area contributed by atoms with E-state index in [1.165, 1.54) is 0 Å². The topological polar surface area (TPSA) is 17.1 Å². The van der Waals surface area contributed by atoms with Crippen LogP contribution < -0.4 is 0 Å². The van der Waals surface area contributed by atoms with Crippen LogP contribution in [0.5, 0.6) is 0 Å². The smallest absolute Gasteiger partial charge is 0 e. The molecule has 0 aliphatic rings. The molecule has 0 aromatic heterocycles. The molecule has 0 saturated carbocycles. The molecule has 0 heterocycles. The fourth-order valence-corrected chi connectivity index (χ4v) is 0. The van der Waals surface area contributed by atoms with Gasteiger partial charge in [0, 0.05) is 21.1 Å². The van der Waals surface area contributed by atoms with Crippen molar-refractivity contribution in [2.24, 2.45) is 0 Å². The van der Waals surface area contributed by atoms with E-state index in [0.717, 1.165) is 20.4 Å². The number of hydrogen-bond donors (Lipinski definition) is 0. The third-order valence-electron chi connectivity index (χ3n) is 0. The Bertz CT molecular complexity index is 8.00. The molecule has 0 aliphatic carbocycles. The van der Waals surface area contributed by atoms with Crippen molar-refractivity contribution < 1.29 is 44.8 Å². The average Bonchev–Trinajstić information content (AvgIpc) is 1.00. The summed E-state index contributed by atoms with van der Waals surface area (Å²) in [4.78, 5) is 0. The Hall–Kier alpha value is 2.07. The van der Waals surface area contributed by atoms with Crippen molar-refractivity contribution in [3.8, 4) is 0 Å². The van der Waals surface area contributed by atoms with Crippen molar-refractivity contribution in [1.82, 2.24) is 0 Å². The van der Waals surface area contributed by atoms with Gasteiger partial charge >= 0.3 is 49.6 Å². The molecule has 0 aliphatic heterocycles. The molecule has 0 aromatic rings. The summed E-state index contributed by atoms with van der Waals surface area (Å²) in [7, 11) is 0. The molecule has 0 fully saturated rings. The number of rotatable bonds is 0. The van der Waals surface area contributed by atoms with E-state index in [9.17, 15) is 0 Å². The Morgan fingerprint density at radius 1 is 1.25 bits per heavy atom. The summed E-state index contributed by atoms with van der Waals surface area (Å²) < 4.78 is 8.25. The van der Waals surface area contributed by atoms with Gasteiger partial charge in [-0.05, 0) is 0 Å². The maximum Gasteiger partial charge on any atom is 0 e. The maximum atomic E-state index is 8.25. The Kier molecular flexibility index (Phi) is 81.0. The summed E-state index contributed by atoms with van der Waals surface area (Å²) in [5.74, 6) is 0. The molecule has 0 rings (SSSR count). The molecule has 0 spiro atoms. The van der Waals surface area contributed by atoms with Crippen LogP contribution in [0, 0.1) is 0 Å². The summed E-state index contributed by atoms with van der Waals surface area (Å²) in [5.41, 5.74) is 0. The van der Waals surface area contributed by atoms with Gasteiger partial charge in [-0.3, -0.25) is 0 Å². The van der Waals surface area contributed by atoms with Gasteiger partial charge in [0.05, 0.1) is 0 Å². The predicted molar refractivity (Wildman–Crippen MR) is 10.6 cm³/mol. The minimum atomic E-state index is 0. The first-order valence-corrected chi connectivity index (χ1v) is 0.842. The molecule has 0 bridgehead atoms. The Balaban J connectivity index is -0.00000000500.